The minimum atomic E-state index is -0.481. The molecule has 0 saturated carbocycles. The van der Waals surface area contributed by atoms with E-state index in [0.717, 1.165) is 24.7 Å². The van der Waals surface area contributed by atoms with Gasteiger partial charge in [-0.15, -0.1) is 0 Å². The molecule has 6 nitrogen and oxygen atoms in total. The third-order valence-electron chi connectivity index (χ3n) is 6.44. The van der Waals surface area contributed by atoms with Gasteiger partial charge in [0.2, 0.25) is 5.91 Å². The number of carbonyl (C=O) groups is 2. The largest absolute Gasteiger partial charge is 0.345 e. The van der Waals surface area contributed by atoms with Gasteiger partial charge in [0, 0.05) is 18.6 Å². The van der Waals surface area contributed by atoms with Gasteiger partial charge in [0.15, 0.2) is 0 Å². The van der Waals surface area contributed by atoms with Crippen LogP contribution in [0.4, 0.5) is 0 Å². The molecule has 5 atom stereocenters. The molecule has 1 fully saturated rings. The molecule has 3 N–H and O–H groups in total. The number of carbonyl (C=O) groups excluding carboxylic acids is 2. The Balaban J connectivity index is 1.95. The lowest BCUT2D eigenvalue weighted by Gasteiger charge is -2.29. The van der Waals surface area contributed by atoms with E-state index in [1.54, 1.807) is 7.05 Å². The summed E-state index contributed by atoms with van der Waals surface area (Å²) in [6.45, 7) is 2.97. The number of benzene rings is 1. The van der Waals surface area contributed by atoms with Gasteiger partial charge < -0.3 is 25.6 Å². The van der Waals surface area contributed by atoms with E-state index in [1.165, 1.54) is 12.8 Å². The maximum Gasteiger partial charge on any atom is 0.238 e. The molecule has 1 aliphatic rings. The van der Waals surface area contributed by atoms with Crippen LogP contribution in [0.2, 0.25) is 0 Å². The molecule has 1 aromatic rings. The lowest BCUT2D eigenvalue weighted by atomic mass is 9.92. The normalized spacial score (nSPS) is 22.8. The molecule has 1 aromatic carbocycles. The van der Waals surface area contributed by atoms with Crippen molar-refractivity contribution in [2.24, 2.45) is 5.92 Å². The standard InChI is InChI=1S/C23H38N4O2/c1-17-10-12-20(27(17)4)13-11-19(15-24-2)22(16-28)26-23(29)21(25-3)14-18-8-6-5-7-9-18/h5-9,16-17,19-22,24-25H,10-15H2,1-4H3,(H,26,29). The first-order valence-electron chi connectivity index (χ1n) is 10.8. The van der Waals surface area contributed by atoms with Gasteiger partial charge in [-0.25, -0.2) is 0 Å². The topological polar surface area (TPSA) is 73.5 Å². The number of amides is 1. The van der Waals surface area contributed by atoms with Crippen molar-refractivity contribution in [2.45, 2.75) is 63.2 Å². The second-order valence-corrected chi connectivity index (χ2v) is 8.34. The van der Waals surface area contributed by atoms with Crippen molar-refractivity contribution in [1.29, 1.82) is 0 Å². The van der Waals surface area contributed by atoms with E-state index >= 15 is 0 Å². The maximum absolute atomic E-state index is 12.9. The highest BCUT2D eigenvalue weighted by Crippen LogP contribution is 2.26. The van der Waals surface area contributed by atoms with Gasteiger partial charge in [-0.3, -0.25) is 4.79 Å². The number of nitrogens with one attached hydrogen (secondary N) is 3. The van der Waals surface area contributed by atoms with Crippen LogP contribution >= 0.6 is 0 Å². The van der Waals surface area contributed by atoms with Crippen molar-refractivity contribution < 1.29 is 9.59 Å². The van der Waals surface area contributed by atoms with E-state index in [-0.39, 0.29) is 17.9 Å². The smallest absolute Gasteiger partial charge is 0.238 e. The monoisotopic (exact) mass is 402 g/mol. The Kier molecular flexibility index (Phi) is 9.78. The lowest BCUT2D eigenvalue weighted by Crippen LogP contribution is -2.52. The minimum absolute atomic E-state index is 0.0833. The fourth-order valence-electron chi connectivity index (χ4n) is 4.33. The average Bonchev–Trinajstić information content (AvgIpc) is 3.06. The van der Waals surface area contributed by atoms with Crippen LogP contribution in [0.15, 0.2) is 30.3 Å². The van der Waals surface area contributed by atoms with Gasteiger partial charge in [0.05, 0.1) is 12.1 Å². The minimum Gasteiger partial charge on any atom is -0.345 e. The zero-order valence-corrected chi connectivity index (χ0v) is 18.4. The number of hydrogen-bond donors (Lipinski definition) is 3. The van der Waals surface area contributed by atoms with Crippen LogP contribution in [0.5, 0.6) is 0 Å². The molecule has 162 valence electrons. The molecule has 0 spiro atoms. The van der Waals surface area contributed by atoms with Gasteiger partial charge in [-0.1, -0.05) is 30.3 Å². The van der Waals surface area contributed by atoms with Crippen LogP contribution in [-0.2, 0) is 16.0 Å². The highest BCUT2D eigenvalue weighted by Gasteiger charge is 2.30. The Bertz CT molecular complexity index is 625. The summed E-state index contributed by atoms with van der Waals surface area (Å²) < 4.78 is 0. The van der Waals surface area contributed by atoms with E-state index in [9.17, 15) is 9.59 Å². The molecule has 2 rings (SSSR count). The molecule has 1 heterocycles. The molecule has 29 heavy (non-hydrogen) atoms. The van der Waals surface area contributed by atoms with Crippen molar-refractivity contribution in [3.05, 3.63) is 35.9 Å². The summed E-state index contributed by atoms with van der Waals surface area (Å²) in [5.41, 5.74) is 1.09. The van der Waals surface area contributed by atoms with Crippen LogP contribution in [0.25, 0.3) is 0 Å². The molecule has 1 saturated heterocycles. The average molecular weight is 403 g/mol. The molecule has 0 aliphatic carbocycles. The molecule has 0 bridgehead atoms. The van der Waals surface area contributed by atoms with Gasteiger partial charge in [-0.2, -0.15) is 0 Å². The van der Waals surface area contributed by atoms with Crippen molar-refractivity contribution in [1.82, 2.24) is 20.9 Å². The Labute approximate surface area is 175 Å². The number of aldehydes is 1. The second-order valence-electron chi connectivity index (χ2n) is 8.34. The third-order valence-corrected chi connectivity index (χ3v) is 6.44. The van der Waals surface area contributed by atoms with E-state index in [0.29, 0.717) is 25.0 Å². The van der Waals surface area contributed by atoms with E-state index in [2.05, 4.69) is 34.8 Å². The zero-order chi connectivity index (χ0) is 21.2. The summed E-state index contributed by atoms with van der Waals surface area (Å²) in [6.07, 6.45) is 5.89. The molecule has 6 heteroatoms. The van der Waals surface area contributed by atoms with Crippen molar-refractivity contribution in [3.8, 4) is 0 Å². The molecule has 5 unspecified atom stereocenters. The molecule has 0 aromatic heterocycles. The van der Waals surface area contributed by atoms with Crippen LogP contribution < -0.4 is 16.0 Å². The number of likely N-dealkylation sites (N-methyl/N-ethyl adjacent to an activating group) is 1. The summed E-state index contributed by atoms with van der Waals surface area (Å²) in [5, 5.41) is 9.28. The van der Waals surface area contributed by atoms with E-state index in [1.807, 2.05) is 37.4 Å². The highest BCUT2D eigenvalue weighted by atomic mass is 16.2. The van der Waals surface area contributed by atoms with Crippen LogP contribution in [0.3, 0.4) is 0 Å². The number of likely N-dealkylation sites (tertiary alicyclic amines) is 1. The Hall–Kier alpha value is -1.76. The first kappa shape index (κ1) is 23.5. The van der Waals surface area contributed by atoms with Crippen molar-refractivity contribution >= 4 is 12.2 Å². The molecule has 0 radical (unpaired) electrons. The van der Waals surface area contributed by atoms with Crippen LogP contribution in [0, 0.1) is 5.92 Å². The highest BCUT2D eigenvalue weighted by molar-refractivity contribution is 5.84. The number of hydrogen-bond acceptors (Lipinski definition) is 5. The fourth-order valence-corrected chi connectivity index (χ4v) is 4.33. The maximum atomic E-state index is 12.9. The lowest BCUT2D eigenvalue weighted by molar-refractivity contribution is -0.126. The Morgan fingerprint density at radius 1 is 1.24 bits per heavy atom. The molecule has 1 aliphatic heterocycles. The van der Waals surface area contributed by atoms with Gasteiger partial charge >= 0.3 is 0 Å². The molecule has 1 amide bonds. The van der Waals surface area contributed by atoms with Crippen LogP contribution in [-0.4, -0.2) is 68.9 Å². The van der Waals surface area contributed by atoms with Crippen LogP contribution in [0.1, 0.15) is 38.2 Å². The van der Waals surface area contributed by atoms with Gasteiger partial charge in [0.25, 0.3) is 0 Å². The Morgan fingerprint density at radius 2 is 1.97 bits per heavy atom. The summed E-state index contributed by atoms with van der Waals surface area (Å²) in [4.78, 5) is 27.2. The van der Waals surface area contributed by atoms with E-state index in [4.69, 9.17) is 0 Å². The van der Waals surface area contributed by atoms with E-state index < -0.39 is 6.04 Å². The van der Waals surface area contributed by atoms with Crippen molar-refractivity contribution in [3.63, 3.8) is 0 Å². The predicted molar refractivity (Wildman–Crippen MR) is 118 cm³/mol. The molecular formula is C23H38N4O2. The second kappa shape index (κ2) is 12.1. The summed E-state index contributed by atoms with van der Waals surface area (Å²) in [6, 6.07) is 10.3. The predicted octanol–water partition coefficient (Wildman–Crippen LogP) is 1.60. The van der Waals surface area contributed by atoms with Gasteiger partial charge in [-0.05, 0) is 71.7 Å². The first-order chi connectivity index (χ1) is 14.0. The third kappa shape index (κ3) is 6.91. The van der Waals surface area contributed by atoms with Gasteiger partial charge in [0.1, 0.15) is 6.29 Å². The summed E-state index contributed by atoms with van der Waals surface area (Å²) in [7, 11) is 5.87. The quantitative estimate of drug-likeness (QED) is 0.463. The summed E-state index contributed by atoms with van der Waals surface area (Å²) in [5.74, 6) is -0.0406. The number of rotatable bonds is 12. The molecular weight excluding hydrogens is 364 g/mol. The zero-order valence-electron chi connectivity index (χ0n) is 18.4. The fraction of sp³-hybridized carbons (Fsp3) is 0.652. The number of nitrogens with zero attached hydrogens (tertiary/aromatic N) is 1. The SMILES string of the molecule is CNCC(CCC1CCC(C)N1C)C(C=O)NC(=O)C(Cc1ccccc1)NC. The van der Waals surface area contributed by atoms with Crippen molar-refractivity contribution in [2.75, 3.05) is 27.7 Å². The summed E-state index contributed by atoms with van der Waals surface area (Å²) >= 11 is 0. The first-order valence-corrected chi connectivity index (χ1v) is 10.8. The Morgan fingerprint density at radius 3 is 2.52 bits per heavy atom.